The summed E-state index contributed by atoms with van der Waals surface area (Å²) in [4.78, 5) is 11.2. The summed E-state index contributed by atoms with van der Waals surface area (Å²) in [6.45, 7) is 2.63. The van der Waals surface area contributed by atoms with Crippen LogP contribution in [-0.2, 0) is 11.2 Å². The van der Waals surface area contributed by atoms with Crippen molar-refractivity contribution in [2.45, 2.75) is 19.8 Å². The number of hydrogen-bond donors (Lipinski definition) is 1. The van der Waals surface area contributed by atoms with Crippen molar-refractivity contribution in [2.24, 2.45) is 0 Å². The van der Waals surface area contributed by atoms with Crippen molar-refractivity contribution in [2.75, 3.05) is 13.7 Å². The highest BCUT2D eigenvalue weighted by Gasteiger charge is 1.99. The van der Waals surface area contributed by atoms with E-state index >= 15 is 0 Å². The molecular weight excluding hydrogens is 286 g/mol. The summed E-state index contributed by atoms with van der Waals surface area (Å²) in [6.07, 6.45) is 1.25. The summed E-state index contributed by atoms with van der Waals surface area (Å²) in [5, 5.41) is 2.63. The highest BCUT2D eigenvalue weighted by molar-refractivity contribution is 5.75. The average molecular weight is 307 g/mol. The molecule has 23 heavy (non-hydrogen) atoms. The fraction of sp³-hybridized carbons (Fsp3) is 0.250. The maximum atomic E-state index is 11.2. The Hall–Kier alpha value is -2.73. The molecule has 0 spiro atoms. The lowest BCUT2D eigenvalue weighted by molar-refractivity contribution is -0.120. The zero-order valence-electron chi connectivity index (χ0n) is 13.6. The van der Waals surface area contributed by atoms with Crippen molar-refractivity contribution >= 4 is 5.91 Å². The Labute approximate surface area is 137 Å². The number of carbonyl (C=O) groups excluding carboxylic acids is 1. The lowest BCUT2D eigenvalue weighted by atomic mass is 10.1. The summed E-state index contributed by atoms with van der Waals surface area (Å²) >= 11 is 0. The molecule has 0 aromatic heterocycles. The number of aryl methyl sites for hydroxylation is 1. The second-order valence-electron chi connectivity index (χ2n) is 5.08. The Morgan fingerprint density at radius 3 is 2.09 bits per heavy atom. The van der Waals surface area contributed by atoms with Gasteiger partial charge in [-0.1, -0.05) is 24.0 Å². The van der Waals surface area contributed by atoms with Gasteiger partial charge in [0, 0.05) is 24.6 Å². The molecule has 0 atom stereocenters. The normalized spacial score (nSPS) is 9.65. The molecule has 0 saturated carbocycles. The average Bonchev–Trinajstić information content (AvgIpc) is 2.60. The van der Waals surface area contributed by atoms with Gasteiger partial charge in [-0.25, -0.2) is 0 Å². The lowest BCUT2D eigenvalue weighted by Crippen LogP contribution is -2.17. The number of ether oxygens (including phenoxy) is 1. The summed E-state index contributed by atoms with van der Waals surface area (Å²) < 4.78 is 5.41. The first-order valence-electron chi connectivity index (χ1n) is 7.75. The second-order valence-corrected chi connectivity index (χ2v) is 5.08. The van der Waals surface area contributed by atoms with Crippen molar-refractivity contribution in [3.05, 3.63) is 65.2 Å². The van der Waals surface area contributed by atoms with Crippen LogP contribution in [0.4, 0.5) is 0 Å². The highest BCUT2D eigenvalue weighted by atomic mass is 16.5. The molecule has 0 aliphatic rings. The summed E-state index contributed by atoms with van der Waals surface area (Å²) in [6, 6.07) is 15.8. The third-order valence-electron chi connectivity index (χ3n) is 3.39. The minimum Gasteiger partial charge on any atom is -0.494 e. The fourth-order valence-corrected chi connectivity index (χ4v) is 2.08. The highest BCUT2D eigenvalue weighted by Crippen LogP contribution is 2.11. The minimum absolute atomic E-state index is 0.0596. The van der Waals surface area contributed by atoms with Gasteiger partial charge in [-0.3, -0.25) is 4.79 Å². The van der Waals surface area contributed by atoms with Crippen LogP contribution in [0.3, 0.4) is 0 Å². The second kappa shape index (κ2) is 8.65. The molecule has 0 fully saturated rings. The zero-order valence-corrected chi connectivity index (χ0v) is 13.6. The molecule has 0 unspecified atom stereocenters. The van der Waals surface area contributed by atoms with Crippen LogP contribution in [-0.4, -0.2) is 19.6 Å². The maximum Gasteiger partial charge on any atom is 0.220 e. The molecule has 3 heteroatoms. The monoisotopic (exact) mass is 307 g/mol. The van der Waals surface area contributed by atoms with E-state index in [9.17, 15) is 4.79 Å². The Bertz CT molecular complexity index is 691. The number of amides is 1. The molecule has 0 saturated heterocycles. The Balaban J connectivity index is 1.97. The summed E-state index contributed by atoms with van der Waals surface area (Å²) in [5.41, 5.74) is 3.06. The Morgan fingerprint density at radius 1 is 1.00 bits per heavy atom. The van der Waals surface area contributed by atoms with Crippen molar-refractivity contribution in [1.29, 1.82) is 0 Å². The maximum absolute atomic E-state index is 11.2. The molecule has 2 rings (SSSR count). The van der Waals surface area contributed by atoms with Crippen LogP contribution in [0.25, 0.3) is 0 Å². The number of nitrogens with one attached hydrogen (secondary N) is 1. The number of benzene rings is 2. The Kier molecular flexibility index (Phi) is 6.26. The van der Waals surface area contributed by atoms with Crippen LogP contribution < -0.4 is 10.1 Å². The van der Waals surface area contributed by atoms with E-state index in [1.165, 1.54) is 0 Å². The van der Waals surface area contributed by atoms with Gasteiger partial charge in [-0.2, -0.15) is 0 Å². The van der Waals surface area contributed by atoms with Gasteiger partial charge in [0.2, 0.25) is 5.91 Å². The fourth-order valence-electron chi connectivity index (χ4n) is 2.08. The third kappa shape index (κ3) is 5.52. The molecular formula is C20H21NO2. The van der Waals surface area contributed by atoms with Crippen molar-refractivity contribution in [3.8, 4) is 17.6 Å². The molecule has 1 N–H and O–H groups in total. The van der Waals surface area contributed by atoms with Gasteiger partial charge >= 0.3 is 0 Å². The third-order valence-corrected chi connectivity index (χ3v) is 3.39. The van der Waals surface area contributed by atoms with Crippen LogP contribution in [0.2, 0.25) is 0 Å². The van der Waals surface area contributed by atoms with Gasteiger partial charge in [-0.05, 0) is 55.3 Å². The number of carbonyl (C=O) groups is 1. The van der Waals surface area contributed by atoms with Gasteiger partial charge in [0.25, 0.3) is 0 Å². The molecule has 0 bridgehead atoms. The molecule has 0 radical (unpaired) electrons. The number of hydrogen-bond acceptors (Lipinski definition) is 2. The van der Waals surface area contributed by atoms with Crippen LogP contribution in [0.15, 0.2) is 48.5 Å². The quantitative estimate of drug-likeness (QED) is 0.862. The van der Waals surface area contributed by atoms with Gasteiger partial charge in [0.05, 0.1) is 6.61 Å². The van der Waals surface area contributed by atoms with Gasteiger partial charge in [0.1, 0.15) is 5.75 Å². The zero-order chi connectivity index (χ0) is 16.5. The molecule has 0 heterocycles. The summed E-state index contributed by atoms with van der Waals surface area (Å²) in [5.74, 6) is 7.20. The van der Waals surface area contributed by atoms with Crippen LogP contribution in [0.1, 0.15) is 30.0 Å². The topological polar surface area (TPSA) is 38.3 Å². The van der Waals surface area contributed by atoms with Gasteiger partial charge in [0.15, 0.2) is 0 Å². The molecule has 1 amide bonds. The minimum atomic E-state index is 0.0596. The smallest absolute Gasteiger partial charge is 0.220 e. The van der Waals surface area contributed by atoms with E-state index in [4.69, 9.17) is 4.74 Å². The Morgan fingerprint density at radius 2 is 1.57 bits per heavy atom. The first-order valence-corrected chi connectivity index (χ1v) is 7.75. The molecule has 0 aliphatic carbocycles. The van der Waals surface area contributed by atoms with E-state index in [1.807, 2.05) is 55.5 Å². The summed E-state index contributed by atoms with van der Waals surface area (Å²) in [7, 11) is 1.65. The molecule has 2 aromatic carbocycles. The molecule has 3 nitrogen and oxygen atoms in total. The first-order chi connectivity index (χ1) is 11.2. The van der Waals surface area contributed by atoms with Gasteiger partial charge in [-0.15, -0.1) is 0 Å². The number of rotatable bonds is 5. The standard InChI is InChI=1S/C20H21NO2/c1-3-23-19-13-10-18(11-14-19)9-6-16-4-7-17(8-5-16)12-15-20(22)21-2/h4-5,7-8,10-11,13-14H,3,12,15H2,1-2H3,(H,21,22). The first kappa shape index (κ1) is 16.6. The van der Waals surface area contributed by atoms with Crippen molar-refractivity contribution in [1.82, 2.24) is 5.32 Å². The molecule has 118 valence electrons. The van der Waals surface area contributed by atoms with Crippen LogP contribution in [0.5, 0.6) is 5.75 Å². The van der Waals surface area contributed by atoms with Crippen molar-refractivity contribution < 1.29 is 9.53 Å². The molecule has 0 aliphatic heterocycles. The van der Waals surface area contributed by atoms with Crippen LogP contribution in [0, 0.1) is 11.8 Å². The molecule has 2 aromatic rings. The van der Waals surface area contributed by atoms with Crippen molar-refractivity contribution in [3.63, 3.8) is 0 Å². The largest absolute Gasteiger partial charge is 0.494 e. The van der Waals surface area contributed by atoms with E-state index in [0.717, 1.165) is 28.9 Å². The van der Waals surface area contributed by atoms with E-state index < -0.39 is 0 Å². The predicted molar refractivity (Wildman–Crippen MR) is 92.4 cm³/mol. The predicted octanol–water partition coefficient (Wildman–Crippen LogP) is 3.16. The van der Waals surface area contributed by atoms with E-state index in [1.54, 1.807) is 7.05 Å². The SMILES string of the molecule is CCOc1ccc(C#Cc2ccc(CCC(=O)NC)cc2)cc1. The van der Waals surface area contributed by atoms with E-state index in [0.29, 0.717) is 13.0 Å². The lowest BCUT2D eigenvalue weighted by Gasteiger charge is -2.01. The van der Waals surface area contributed by atoms with Gasteiger partial charge < -0.3 is 10.1 Å². The van der Waals surface area contributed by atoms with Crippen LogP contribution >= 0.6 is 0 Å². The van der Waals surface area contributed by atoms with E-state index in [2.05, 4.69) is 17.2 Å². The van der Waals surface area contributed by atoms with E-state index in [-0.39, 0.29) is 5.91 Å².